The number of ether oxygens (including phenoxy) is 1. The molecule has 6 nitrogen and oxygen atoms in total. The molecule has 0 bridgehead atoms. The fourth-order valence-corrected chi connectivity index (χ4v) is 3.75. The van der Waals surface area contributed by atoms with Gasteiger partial charge in [-0.1, -0.05) is 70.1 Å². The van der Waals surface area contributed by atoms with Crippen LogP contribution in [0.15, 0.2) is 59.7 Å². The van der Waals surface area contributed by atoms with Gasteiger partial charge < -0.3 is 10.1 Å². The van der Waals surface area contributed by atoms with Crippen molar-refractivity contribution < 1.29 is 14.3 Å². The maximum Gasteiger partial charge on any atom is 0.277 e. The summed E-state index contributed by atoms with van der Waals surface area (Å²) in [6, 6.07) is 14.4. The van der Waals surface area contributed by atoms with E-state index in [0.717, 1.165) is 5.56 Å². The SMILES string of the molecule is C/C(=N\NC(=O)COc1cc(Cl)c(Cl)cc1Cl)c1ccc(NC(=O)c2ccc(Cl)cc2Cl)cc1. The Morgan fingerprint density at radius 3 is 2.21 bits per heavy atom. The second kappa shape index (κ2) is 11.8. The van der Waals surface area contributed by atoms with Gasteiger partial charge in [0.15, 0.2) is 6.61 Å². The van der Waals surface area contributed by atoms with Crippen LogP contribution in [-0.4, -0.2) is 24.1 Å². The van der Waals surface area contributed by atoms with Crippen molar-refractivity contribution in [2.45, 2.75) is 6.92 Å². The number of hydrogen-bond donors (Lipinski definition) is 2. The number of halogens is 5. The van der Waals surface area contributed by atoms with E-state index in [1.807, 2.05) is 0 Å². The molecule has 0 saturated heterocycles. The smallest absolute Gasteiger partial charge is 0.277 e. The van der Waals surface area contributed by atoms with Gasteiger partial charge in [-0.3, -0.25) is 9.59 Å². The third kappa shape index (κ3) is 7.01. The van der Waals surface area contributed by atoms with Gasteiger partial charge in [0.1, 0.15) is 5.75 Å². The van der Waals surface area contributed by atoms with Crippen molar-refractivity contribution in [2.24, 2.45) is 5.10 Å². The molecule has 2 amide bonds. The molecule has 0 unspecified atom stereocenters. The van der Waals surface area contributed by atoms with Crippen molar-refractivity contribution in [3.05, 3.63) is 90.8 Å². The van der Waals surface area contributed by atoms with E-state index in [-0.39, 0.29) is 38.4 Å². The molecule has 3 rings (SSSR count). The Morgan fingerprint density at radius 1 is 0.853 bits per heavy atom. The van der Waals surface area contributed by atoms with Gasteiger partial charge >= 0.3 is 0 Å². The molecule has 3 aromatic rings. The molecule has 0 saturated carbocycles. The Hall–Kier alpha value is -2.48. The summed E-state index contributed by atoms with van der Waals surface area (Å²) in [5.74, 6) is -0.635. The summed E-state index contributed by atoms with van der Waals surface area (Å²) >= 11 is 29.7. The Labute approximate surface area is 220 Å². The van der Waals surface area contributed by atoms with E-state index in [9.17, 15) is 9.59 Å². The second-order valence-electron chi connectivity index (χ2n) is 6.87. The highest BCUT2D eigenvalue weighted by Crippen LogP contribution is 2.33. The lowest BCUT2D eigenvalue weighted by Crippen LogP contribution is -2.25. The van der Waals surface area contributed by atoms with E-state index in [2.05, 4.69) is 15.8 Å². The summed E-state index contributed by atoms with van der Waals surface area (Å²) in [5.41, 5.74) is 4.54. The molecular weight excluding hydrogens is 544 g/mol. The summed E-state index contributed by atoms with van der Waals surface area (Å²) in [4.78, 5) is 24.5. The van der Waals surface area contributed by atoms with Crippen LogP contribution in [0.4, 0.5) is 5.69 Å². The lowest BCUT2D eigenvalue weighted by Gasteiger charge is -2.09. The highest BCUT2D eigenvalue weighted by molar-refractivity contribution is 6.43. The second-order valence-corrected chi connectivity index (χ2v) is 8.94. The van der Waals surface area contributed by atoms with Crippen LogP contribution in [0.1, 0.15) is 22.8 Å². The van der Waals surface area contributed by atoms with Gasteiger partial charge in [-0.25, -0.2) is 5.43 Å². The van der Waals surface area contributed by atoms with Gasteiger partial charge in [0, 0.05) is 16.8 Å². The van der Waals surface area contributed by atoms with Crippen molar-refractivity contribution in [3.8, 4) is 5.75 Å². The number of amides is 2. The summed E-state index contributed by atoms with van der Waals surface area (Å²) < 4.78 is 5.36. The molecule has 0 aliphatic rings. The van der Waals surface area contributed by atoms with Crippen LogP contribution in [-0.2, 0) is 4.79 Å². The highest BCUT2D eigenvalue weighted by atomic mass is 35.5. The fourth-order valence-electron chi connectivity index (χ4n) is 2.67. The first kappa shape index (κ1) is 26.1. The quantitative estimate of drug-likeness (QED) is 0.184. The predicted octanol–water partition coefficient (Wildman–Crippen LogP) is 7.13. The third-order valence-electron chi connectivity index (χ3n) is 4.42. The van der Waals surface area contributed by atoms with Crippen LogP contribution in [0.3, 0.4) is 0 Å². The number of nitrogens with zero attached hydrogens (tertiary/aromatic N) is 1. The van der Waals surface area contributed by atoms with Crippen LogP contribution < -0.4 is 15.5 Å². The van der Waals surface area contributed by atoms with Crippen molar-refractivity contribution in [1.29, 1.82) is 0 Å². The zero-order valence-electron chi connectivity index (χ0n) is 17.5. The van der Waals surface area contributed by atoms with Crippen molar-refractivity contribution in [1.82, 2.24) is 5.43 Å². The molecule has 0 aliphatic heterocycles. The number of hydrogen-bond acceptors (Lipinski definition) is 4. The van der Waals surface area contributed by atoms with Crippen molar-refractivity contribution >= 4 is 81.2 Å². The molecule has 0 fully saturated rings. The molecular formula is C23H16Cl5N3O3. The minimum Gasteiger partial charge on any atom is -0.482 e. The predicted molar refractivity (Wildman–Crippen MR) is 138 cm³/mol. The minimum atomic E-state index is -0.495. The lowest BCUT2D eigenvalue weighted by molar-refractivity contribution is -0.123. The van der Waals surface area contributed by atoms with Crippen LogP contribution in [0.25, 0.3) is 0 Å². The van der Waals surface area contributed by atoms with Gasteiger partial charge in [0.05, 0.1) is 31.4 Å². The van der Waals surface area contributed by atoms with E-state index in [1.54, 1.807) is 43.3 Å². The van der Waals surface area contributed by atoms with Gasteiger partial charge in [0.2, 0.25) is 0 Å². The Bertz CT molecular complexity index is 1260. The number of nitrogens with one attached hydrogen (secondary N) is 2. The Morgan fingerprint density at radius 2 is 1.53 bits per heavy atom. The molecule has 0 atom stereocenters. The lowest BCUT2D eigenvalue weighted by atomic mass is 10.1. The van der Waals surface area contributed by atoms with Crippen LogP contribution in [0.2, 0.25) is 25.1 Å². The first-order valence-electron chi connectivity index (χ1n) is 9.61. The van der Waals surface area contributed by atoms with E-state index >= 15 is 0 Å². The molecule has 2 N–H and O–H groups in total. The number of benzene rings is 3. The normalized spacial score (nSPS) is 11.2. The summed E-state index contributed by atoms with van der Waals surface area (Å²) in [7, 11) is 0. The third-order valence-corrected chi connectivity index (χ3v) is 5.98. The molecule has 0 aromatic heterocycles. The number of rotatable bonds is 7. The maximum atomic E-state index is 12.4. The molecule has 0 heterocycles. The summed E-state index contributed by atoms with van der Waals surface area (Å²) in [5, 5.41) is 8.28. The van der Waals surface area contributed by atoms with Crippen LogP contribution in [0, 0.1) is 0 Å². The van der Waals surface area contributed by atoms with E-state index in [0.29, 0.717) is 22.0 Å². The molecule has 11 heteroatoms. The van der Waals surface area contributed by atoms with E-state index in [4.69, 9.17) is 62.7 Å². The fraction of sp³-hybridized carbons (Fsp3) is 0.0870. The molecule has 0 spiro atoms. The van der Waals surface area contributed by atoms with Gasteiger partial charge in [-0.05, 0) is 48.9 Å². The molecule has 176 valence electrons. The summed E-state index contributed by atoms with van der Waals surface area (Å²) in [6.45, 7) is 1.39. The van der Waals surface area contributed by atoms with Crippen LogP contribution >= 0.6 is 58.0 Å². The minimum absolute atomic E-state index is 0.226. The van der Waals surface area contributed by atoms with Crippen molar-refractivity contribution in [3.63, 3.8) is 0 Å². The maximum absolute atomic E-state index is 12.4. The zero-order chi connectivity index (χ0) is 24.8. The number of hydrazone groups is 1. The Kier molecular flexibility index (Phi) is 9.05. The Balaban J connectivity index is 1.55. The molecule has 0 aliphatic carbocycles. The largest absolute Gasteiger partial charge is 0.482 e. The highest BCUT2D eigenvalue weighted by Gasteiger charge is 2.12. The van der Waals surface area contributed by atoms with Gasteiger partial charge in [-0.15, -0.1) is 0 Å². The molecule has 0 radical (unpaired) electrons. The average molecular weight is 560 g/mol. The number of carbonyl (C=O) groups is 2. The van der Waals surface area contributed by atoms with Crippen LogP contribution in [0.5, 0.6) is 5.75 Å². The average Bonchev–Trinajstić information content (AvgIpc) is 2.79. The summed E-state index contributed by atoms with van der Waals surface area (Å²) in [6.07, 6.45) is 0. The number of carbonyl (C=O) groups excluding carboxylic acids is 2. The van der Waals surface area contributed by atoms with Gasteiger partial charge in [0.25, 0.3) is 11.8 Å². The monoisotopic (exact) mass is 557 g/mol. The first-order chi connectivity index (χ1) is 16.1. The molecule has 34 heavy (non-hydrogen) atoms. The van der Waals surface area contributed by atoms with E-state index < -0.39 is 5.91 Å². The van der Waals surface area contributed by atoms with Crippen molar-refractivity contribution in [2.75, 3.05) is 11.9 Å². The van der Waals surface area contributed by atoms with E-state index in [1.165, 1.54) is 18.2 Å². The zero-order valence-corrected chi connectivity index (χ0v) is 21.2. The topological polar surface area (TPSA) is 79.8 Å². The molecule has 3 aromatic carbocycles. The number of anilines is 1. The standard InChI is InChI=1S/C23H16Cl5N3O3/c1-12(30-31-22(32)11-34-21-10-19(27)18(26)9-20(21)28)13-2-5-15(6-3-13)29-23(33)16-7-4-14(24)8-17(16)25/h2-10H,11H2,1H3,(H,29,33)(H,31,32)/b30-12+. The van der Waals surface area contributed by atoms with Gasteiger partial charge in [-0.2, -0.15) is 5.10 Å². The first-order valence-corrected chi connectivity index (χ1v) is 11.5.